The summed E-state index contributed by atoms with van der Waals surface area (Å²) in [5.74, 6) is 1.32. The molecule has 154 valence electrons. The summed E-state index contributed by atoms with van der Waals surface area (Å²) in [6.07, 6.45) is 1.73. The third kappa shape index (κ3) is 5.93. The highest BCUT2D eigenvalue weighted by Gasteiger charge is 2.09. The molecular weight excluding hydrogens is 479 g/mol. The number of aliphatic imine (C=N–C) groups is 1. The van der Waals surface area contributed by atoms with E-state index in [-0.39, 0.29) is 24.0 Å². The monoisotopic (exact) mass is 506 g/mol. The van der Waals surface area contributed by atoms with Crippen LogP contribution in [-0.2, 0) is 13.1 Å². The fraction of sp³-hybridized carbons (Fsp3) is 0.286. The highest BCUT2D eigenvalue weighted by atomic mass is 127. The van der Waals surface area contributed by atoms with Gasteiger partial charge in [0.05, 0.1) is 18.5 Å². The minimum Gasteiger partial charge on any atom is -0.481 e. The molecule has 1 aromatic carbocycles. The number of aromatic nitrogens is 3. The van der Waals surface area contributed by atoms with Crippen molar-refractivity contribution in [3.05, 3.63) is 71.2 Å². The largest absolute Gasteiger partial charge is 0.481 e. The summed E-state index contributed by atoms with van der Waals surface area (Å²) in [4.78, 5) is 8.43. The van der Waals surface area contributed by atoms with E-state index in [9.17, 15) is 0 Å². The number of hydrogen-bond acceptors (Lipinski definition) is 4. The van der Waals surface area contributed by atoms with Crippen LogP contribution < -0.4 is 15.4 Å². The van der Waals surface area contributed by atoms with Crippen molar-refractivity contribution in [2.45, 2.75) is 26.9 Å². The van der Waals surface area contributed by atoms with Crippen LogP contribution in [0.5, 0.6) is 5.88 Å². The smallest absolute Gasteiger partial charge is 0.213 e. The van der Waals surface area contributed by atoms with E-state index in [1.807, 2.05) is 35.9 Å². The van der Waals surface area contributed by atoms with E-state index in [1.165, 1.54) is 0 Å². The molecule has 0 saturated heterocycles. The van der Waals surface area contributed by atoms with E-state index >= 15 is 0 Å². The number of pyridine rings is 1. The summed E-state index contributed by atoms with van der Waals surface area (Å²) in [7, 11) is 3.37. The van der Waals surface area contributed by atoms with Gasteiger partial charge >= 0.3 is 0 Å². The molecule has 3 aromatic rings. The Morgan fingerprint density at radius 3 is 2.55 bits per heavy atom. The van der Waals surface area contributed by atoms with Crippen LogP contribution in [-0.4, -0.2) is 34.9 Å². The minimum atomic E-state index is 0. The molecule has 0 saturated carbocycles. The molecule has 3 rings (SSSR count). The topological polar surface area (TPSA) is 76.4 Å². The lowest BCUT2D eigenvalue weighted by molar-refractivity contribution is 0.397. The summed E-state index contributed by atoms with van der Waals surface area (Å²) in [6.45, 7) is 5.32. The minimum absolute atomic E-state index is 0. The lowest BCUT2D eigenvalue weighted by atomic mass is 10.1. The molecule has 29 heavy (non-hydrogen) atoms. The second kappa shape index (κ2) is 10.8. The van der Waals surface area contributed by atoms with Crippen molar-refractivity contribution in [2.75, 3.05) is 14.2 Å². The maximum Gasteiger partial charge on any atom is 0.213 e. The van der Waals surface area contributed by atoms with E-state index < -0.39 is 0 Å². The molecule has 0 aliphatic rings. The Kier molecular flexibility index (Phi) is 8.44. The highest BCUT2D eigenvalue weighted by Crippen LogP contribution is 2.17. The zero-order valence-corrected chi connectivity index (χ0v) is 19.5. The van der Waals surface area contributed by atoms with Gasteiger partial charge in [-0.25, -0.2) is 9.67 Å². The predicted molar refractivity (Wildman–Crippen MR) is 126 cm³/mol. The second-order valence-corrected chi connectivity index (χ2v) is 6.45. The molecule has 0 aliphatic carbocycles. The lowest BCUT2D eigenvalue weighted by Gasteiger charge is -2.15. The molecule has 2 aromatic heterocycles. The number of methoxy groups -OCH3 is 1. The van der Waals surface area contributed by atoms with Crippen molar-refractivity contribution in [2.24, 2.45) is 4.99 Å². The number of benzene rings is 1. The number of aryl methyl sites for hydroxylation is 2. The van der Waals surface area contributed by atoms with E-state index in [1.54, 1.807) is 20.4 Å². The number of para-hydroxylation sites is 1. The zero-order valence-electron chi connectivity index (χ0n) is 17.1. The second-order valence-electron chi connectivity index (χ2n) is 6.45. The Hall–Kier alpha value is -2.62. The summed E-state index contributed by atoms with van der Waals surface area (Å²) in [5.41, 5.74) is 5.39. The summed E-state index contributed by atoms with van der Waals surface area (Å²) < 4.78 is 7.14. The molecule has 2 heterocycles. The van der Waals surface area contributed by atoms with Gasteiger partial charge in [0.1, 0.15) is 0 Å². The van der Waals surface area contributed by atoms with E-state index in [0.29, 0.717) is 19.0 Å². The van der Waals surface area contributed by atoms with E-state index in [0.717, 1.165) is 34.2 Å². The Morgan fingerprint density at radius 2 is 1.86 bits per heavy atom. The SMILES string of the molecule is CN=C(NCc1ccnc(OC)c1)NCc1ccccc1-n1nc(C)cc1C.I. The average molecular weight is 506 g/mol. The maximum atomic E-state index is 5.17. The van der Waals surface area contributed by atoms with Gasteiger partial charge in [-0.05, 0) is 43.2 Å². The Labute approximate surface area is 188 Å². The number of ether oxygens (including phenoxy) is 1. The van der Waals surface area contributed by atoms with Crippen molar-refractivity contribution in [3.63, 3.8) is 0 Å². The van der Waals surface area contributed by atoms with Gasteiger partial charge < -0.3 is 15.4 Å². The number of halogens is 1. The zero-order chi connectivity index (χ0) is 19.9. The maximum absolute atomic E-state index is 5.17. The van der Waals surface area contributed by atoms with Crippen molar-refractivity contribution >= 4 is 29.9 Å². The molecule has 0 fully saturated rings. The Morgan fingerprint density at radius 1 is 1.10 bits per heavy atom. The van der Waals surface area contributed by atoms with Gasteiger partial charge in [0.15, 0.2) is 5.96 Å². The van der Waals surface area contributed by atoms with Crippen LogP contribution in [0.25, 0.3) is 5.69 Å². The van der Waals surface area contributed by atoms with Crippen LogP contribution in [0.4, 0.5) is 0 Å². The molecule has 2 N–H and O–H groups in total. The number of hydrogen-bond donors (Lipinski definition) is 2. The van der Waals surface area contributed by atoms with Gasteiger partial charge in [0.2, 0.25) is 5.88 Å². The average Bonchev–Trinajstić information content (AvgIpc) is 3.06. The normalized spacial score (nSPS) is 11.0. The Bertz CT molecular complexity index is 969. The number of guanidine groups is 1. The van der Waals surface area contributed by atoms with Gasteiger partial charge in [-0.1, -0.05) is 18.2 Å². The summed E-state index contributed by atoms with van der Waals surface area (Å²) in [5, 5.41) is 11.3. The van der Waals surface area contributed by atoms with Gasteiger partial charge in [0.25, 0.3) is 0 Å². The molecule has 0 spiro atoms. The summed E-state index contributed by atoms with van der Waals surface area (Å²) in [6, 6.07) is 14.2. The van der Waals surface area contributed by atoms with Crippen molar-refractivity contribution < 1.29 is 4.74 Å². The molecule has 0 aliphatic heterocycles. The van der Waals surface area contributed by atoms with Gasteiger partial charge in [-0.2, -0.15) is 5.10 Å². The van der Waals surface area contributed by atoms with Crippen molar-refractivity contribution in [1.82, 2.24) is 25.4 Å². The first kappa shape index (κ1) is 22.7. The third-order valence-corrected chi connectivity index (χ3v) is 4.37. The van der Waals surface area contributed by atoms with Crippen LogP contribution >= 0.6 is 24.0 Å². The first-order valence-electron chi connectivity index (χ1n) is 9.15. The van der Waals surface area contributed by atoms with Gasteiger partial charge in [0, 0.05) is 38.1 Å². The van der Waals surface area contributed by atoms with Crippen LogP contribution in [0.3, 0.4) is 0 Å². The fourth-order valence-corrected chi connectivity index (χ4v) is 3.00. The first-order chi connectivity index (χ1) is 13.6. The Balaban J connectivity index is 0.00000300. The quantitative estimate of drug-likeness (QED) is 0.305. The molecule has 0 atom stereocenters. The fourth-order valence-electron chi connectivity index (χ4n) is 3.00. The highest BCUT2D eigenvalue weighted by molar-refractivity contribution is 14.0. The number of rotatable bonds is 6. The van der Waals surface area contributed by atoms with Crippen LogP contribution in [0.15, 0.2) is 53.7 Å². The third-order valence-electron chi connectivity index (χ3n) is 4.37. The number of nitrogens with one attached hydrogen (secondary N) is 2. The van der Waals surface area contributed by atoms with Crippen LogP contribution in [0, 0.1) is 13.8 Å². The number of nitrogens with zero attached hydrogens (tertiary/aromatic N) is 4. The molecule has 8 heteroatoms. The van der Waals surface area contributed by atoms with Gasteiger partial charge in [-0.3, -0.25) is 4.99 Å². The molecule has 0 bridgehead atoms. The molecular formula is C21H27IN6O. The predicted octanol–water partition coefficient (Wildman–Crippen LogP) is 3.38. The van der Waals surface area contributed by atoms with E-state index in [4.69, 9.17) is 4.74 Å². The molecule has 0 amide bonds. The van der Waals surface area contributed by atoms with Crippen molar-refractivity contribution in [3.8, 4) is 11.6 Å². The van der Waals surface area contributed by atoms with Crippen LogP contribution in [0.1, 0.15) is 22.5 Å². The molecule has 0 unspecified atom stereocenters. The van der Waals surface area contributed by atoms with Crippen LogP contribution in [0.2, 0.25) is 0 Å². The lowest BCUT2D eigenvalue weighted by Crippen LogP contribution is -2.36. The van der Waals surface area contributed by atoms with Gasteiger partial charge in [-0.15, -0.1) is 24.0 Å². The van der Waals surface area contributed by atoms with E-state index in [2.05, 4.69) is 50.8 Å². The molecule has 7 nitrogen and oxygen atoms in total. The first-order valence-corrected chi connectivity index (χ1v) is 9.15. The van der Waals surface area contributed by atoms with Crippen molar-refractivity contribution in [1.29, 1.82) is 0 Å². The molecule has 0 radical (unpaired) electrons. The standard InChI is InChI=1S/C21H26N6O.HI/c1-15-11-16(2)27(26-15)19-8-6-5-7-18(19)14-25-21(22-3)24-13-17-9-10-23-20(12-17)28-4;/h5-12H,13-14H2,1-4H3,(H2,22,24,25);1H. The summed E-state index contributed by atoms with van der Waals surface area (Å²) >= 11 is 0.